The molecule has 3 aromatic heterocycles. The second-order valence-corrected chi connectivity index (χ2v) is 10.5. The number of thiophene rings is 1. The molecule has 0 aliphatic heterocycles. The van der Waals surface area contributed by atoms with Crippen LogP contribution in [0.15, 0.2) is 48.7 Å². The van der Waals surface area contributed by atoms with E-state index in [9.17, 15) is 14.9 Å². The summed E-state index contributed by atoms with van der Waals surface area (Å²) in [5, 5.41) is 9.75. The number of aromatic nitrogens is 3. The number of fused-ring (bicyclic) bond motifs is 1. The molecule has 3 heterocycles. The molecule has 6 nitrogen and oxygen atoms in total. The van der Waals surface area contributed by atoms with Gasteiger partial charge in [0.1, 0.15) is 11.8 Å². The molecule has 1 saturated carbocycles. The van der Waals surface area contributed by atoms with Crippen molar-refractivity contribution in [3.63, 3.8) is 0 Å². The maximum atomic E-state index is 13.0. The lowest BCUT2D eigenvalue weighted by Gasteiger charge is -2.31. The van der Waals surface area contributed by atoms with Gasteiger partial charge < -0.3 is 4.57 Å². The minimum absolute atomic E-state index is 0.0614. The highest BCUT2D eigenvalue weighted by Crippen LogP contribution is 2.40. The van der Waals surface area contributed by atoms with E-state index in [1.807, 2.05) is 37.3 Å². The van der Waals surface area contributed by atoms with E-state index in [0.29, 0.717) is 45.9 Å². The quantitative estimate of drug-likeness (QED) is 0.208. The number of hydrogen-bond donors (Lipinski definition) is 0. The van der Waals surface area contributed by atoms with E-state index in [0.717, 1.165) is 36.1 Å². The van der Waals surface area contributed by atoms with Crippen LogP contribution in [0.3, 0.4) is 0 Å². The molecule has 2 atom stereocenters. The highest BCUT2D eigenvalue weighted by Gasteiger charge is 2.30. The smallest absolute Gasteiger partial charge is 0.173 e. The topological polar surface area (TPSA) is 88.6 Å². The zero-order valence-corrected chi connectivity index (χ0v) is 21.4. The number of Topliss-reactive ketones (excluding diaryl/α,β-unsaturated/α-hetero) is 2. The number of carbonyl (C=O) groups is 2. The van der Waals surface area contributed by atoms with Crippen molar-refractivity contribution in [2.24, 2.45) is 5.92 Å². The molecule has 184 valence electrons. The number of imidazole rings is 1. The summed E-state index contributed by atoms with van der Waals surface area (Å²) in [5.41, 5.74) is 3.23. The van der Waals surface area contributed by atoms with E-state index in [1.54, 1.807) is 18.3 Å². The first-order valence-electron chi connectivity index (χ1n) is 12.5. The highest BCUT2D eigenvalue weighted by molar-refractivity contribution is 7.14. The number of ketones is 2. The van der Waals surface area contributed by atoms with Crippen LogP contribution in [0.4, 0.5) is 0 Å². The maximum absolute atomic E-state index is 13.0. The van der Waals surface area contributed by atoms with Crippen molar-refractivity contribution in [3.8, 4) is 29.9 Å². The Morgan fingerprint density at radius 2 is 2.05 bits per heavy atom. The van der Waals surface area contributed by atoms with Gasteiger partial charge in [0, 0.05) is 30.6 Å². The van der Waals surface area contributed by atoms with Crippen molar-refractivity contribution in [1.29, 1.82) is 5.26 Å². The first-order chi connectivity index (χ1) is 18.0. The van der Waals surface area contributed by atoms with Crippen LogP contribution < -0.4 is 0 Å². The third-order valence-corrected chi connectivity index (χ3v) is 8.15. The van der Waals surface area contributed by atoms with Crippen LogP contribution in [0, 0.1) is 29.6 Å². The summed E-state index contributed by atoms with van der Waals surface area (Å²) in [7, 11) is 0. The fraction of sp³-hybridized carbons (Fsp3) is 0.300. The molecular formula is C30H26N4O2S. The summed E-state index contributed by atoms with van der Waals surface area (Å²) < 4.78 is 2.18. The van der Waals surface area contributed by atoms with Crippen LogP contribution >= 0.6 is 11.3 Å². The van der Waals surface area contributed by atoms with Crippen LogP contribution in [0.2, 0.25) is 0 Å². The summed E-state index contributed by atoms with van der Waals surface area (Å²) >= 11 is 1.37. The number of nitrogens with zero attached hydrogens (tertiary/aromatic N) is 4. The average Bonchev–Trinajstić information content (AvgIpc) is 3.57. The Morgan fingerprint density at radius 1 is 1.19 bits per heavy atom. The van der Waals surface area contributed by atoms with Gasteiger partial charge in [-0.3, -0.25) is 14.6 Å². The summed E-state index contributed by atoms with van der Waals surface area (Å²) in [6, 6.07) is 15.1. The first-order valence-corrected chi connectivity index (χ1v) is 13.3. The van der Waals surface area contributed by atoms with Crippen LogP contribution in [0.25, 0.3) is 22.6 Å². The van der Waals surface area contributed by atoms with Gasteiger partial charge in [0.05, 0.1) is 26.4 Å². The second kappa shape index (κ2) is 10.5. The third kappa shape index (κ3) is 4.83. The summed E-state index contributed by atoms with van der Waals surface area (Å²) in [4.78, 5) is 36.3. The molecule has 5 rings (SSSR count). The first kappa shape index (κ1) is 24.6. The number of terminal acetylenes is 1. The Bertz CT molecular complexity index is 1580. The van der Waals surface area contributed by atoms with Gasteiger partial charge in [-0.05, 0) is 67.6 Å². The molecule has 4 aromatic rings. The molecule has 0 amide bonds. The van der Waals surface area contributed by atoms with E-state index < -0.39 is 0 Å². The third-order valence-electron chi connectivity index (χ3n) is 7.09. The van der Waals surface area contributed by atoms with Gasteiger partial charge in [0.2, 0.25) is 0 Å². The number of nitriles is 1. The van der Waals surface area contributed by atoms with Gasteiger partial charge in [0.25, 0.3) is 0 Å². The molecular weight excluding hydrogens is 480 g/mol. The molecule has 37 heavy (non-hydrogen) atoms. The fourth-order valence-corrected chi connectivity index (χ4v) is 6.06. The maximum Gasteiger partial charge on any atom is 0.173 e. The molecule has 1 aliphatic carbocycles. The Morgan fingerprint density at radius 3 is 2.81 bits per heavy atom. The molecule has 0 saturated heterocycles. The van der Waals surface area contributed by atoms with Crippen molar-refractivity contribution in [2.45, 2.75) is 51.5 Å². The number of carbonyl (C=O) groups excluding carboxylic acids is 2. The molecule has 0 unspecified atom stereocenters. The molecule has 1 aromatic carbocycles. The van der Waals surface area contributed by atoms with E-state index in [4.69, 9.17) is 11.4 Å². The Labute approximate surface area is 220 Å². The largest absolute Gasteiger partial charge is 0.319 e. The molecule has 0 bridgehead atoms. The SMILES string of the molecule is C#Cc1ccc(C(=O)C[C@@H]2CCC[C@H](n3c(-c4ncccc4C#N)nc4cc(C(=O)CC)ccc43)C2)s1. The van der Waals surface area contributed by atoms with E-state index in [1.165, 1.54) is 11.3 Å². The van der Waals surface area contributed by atoms with Crippen molar-refractivity contribution in [2.75, 3.05) is 0 Å². The van der Waals surface area contributed by atoms with Crippen molar-refractivity contribution < 1.29 is 9.59 Å². The van der Waals surface area contributed by atoms with Crippen LogP contribution in [-0.4, -0.2) is 26.1 Å². The predicted octanol–water partition coefficient (Wildman–Crippen LogP) is 6.61. The summed E-state index contributed by atoms with van der Waals surface area (Å²) in [6.07, 6.45) is 11.8. The average molecular weight is 507 g/mol. The number of hydrogen-bond acceptors (Lipinski definition) is 6. The molecule has 1 aliphatic rings. The van der Waals surface area contributed by atoms with Crippen molar-refractivity contribution in [1.82, 2.24) is 14.5 Å². The van der Waals surface area contributed by atoms with Gasteiger partial charge in [-0.2, -0.15) is 5.26 Å². The van der Waals surface area contributed by atoms with Crippen LogP contribution in [-0.2, 0) is 0 Å². The van der Waals surface area contributed by atoms with Crippen molar-refractivity contribution >= 4 is 33.9 Å². The second-order valence-electron chi connectivity index (χ2n) is 9.42. The Balaban J connectivity index is 1.53. The van der Waals surface area contributed by atoms with Gasteiger partial charge in [-0.1, -0.05) is 19.3 Å². The molecule has 0 N–H and O–H groups in total. The molecule has 0 radical (unpaired) electrons. The van der Waals surface area contributed by atoms with Crippen LogP contribution in [0.1, 0.15) is 82.0 Å². The lowest BCUT2D eigenvalue weighted by atomic mass is 9.82. The van der Waals surface area contributed by atoms with Gasteiger partial charge in [-0.15, -0.1) is 17.8 Å². The van der Waals surface area contributed by atoms with E-state index >= 15 is 0 Å². The van der Waals surface area contributed by atoms with Crippen molar-refractivity contribution in [3.05, 3.63) is 69.5 Å². The van der Waals surface area contributed by atoms with E-state index in [2.05, 4.69) is 21.5 Å². The molecule has 1 fully saturated rings. The zero-order chi connectivity index (χ0) is 25.9. The Hall–Kier alpha value is -4.07. The normalized spacial score (nSPS) is 17.3. The van der Waals surface area contributed by atoms with Gasteiger partial charge >= 0.3 is 0 Å². The monoisotopic (exact) mass is 506 g/mol. The fourth-order valence-electron chi connectivity index (χ4n) is 5.30. The lowest BCUT2D eigenvalue weighted by Crippen LogP contribution is -2.22. The number of rotatable bonds is 7. The lowest BCUT2D eigenvalue weighted by molar-refractivity contribution is 0.0944. The minimum atomic E-state index is 0.0614. The number of pyridine rings is 1. The van der Waals surface area contributed by atoms with E-state index in [-0.39, 0.29) is 23.5 Å². The molecule has 7 heteroatoms. The van der Waals surface area contributed by atoms with Crippen LogP contribution in [0.5, 0.6) is 0 Å². The molecule has 0 spiro atoms. The summed E-state index contributed by atoms with van der Waals surface area (Å²) in [5.74, 6) is 3.65. The zero-order valence-electron chi connectivity index (χ0n) is 20.6. The highest BCUT2D eigenvalue weighted by atomic mass is 32.1. The Kier molecular flexibility index (Phi) is 6.99. The minimum Gasteiger partial charge on any atom is -0.319 e. The predicted molar refractivity (Wildman–Crippen MR) is 144 cm³/mol. The standard InChI is InChI=1S/C30H26N4O2S/c1-3-23-11-13-28(37-23)27(36)16-19-7-5-9-22(15-19)34-25-12-10-20(26(35)4-2)17-24(25)33-30(34)29-21(18-31)8-6-14-32-29/h1,6,8,10-14,17,19,22H,4-5,7,9,15-16H2,2H3/t19-,22+/m1/s1. The van der Waals surface area contributed by atoms with Gasteiger partial charge in [-0.25, -0.2) is 4.98 Å². The van der Waals surface area contributed by atoms with Gasteiger partial charge in [0.15, 0.2) is 17.4 Å². The number of benzene rings is 1. The summed E-state index contributed by atoms with van der Waals surface area (Å²) in [6.45, 7) is 1.84.